The molecule has 0 amide bonds. The smallest absolute Gasteiger partial charge is 0.0248 e. The van der Waals surface area contributed by atoms with E-state index >= 15 is 0 Å². The molecule has 0 aliphatic rings. The van der Waals surface area contributed by atoms with Gasteiger partial charge in [0.05, 0.1) is 0 Å². The Labute approximate surface area is 82.0 Å². The van der Waals surface area contributed by atoms with Gasteiger partial charge in [0, 0.05) is 0 Å². The Morgan fingerprint density at radius 2 is 1.69 bits per heavy atom. The summed E-state index contributed by atoms with van der Waals surface area (Å²) in [6.07, 6.45) is 2.52. The zero-order valence-corrected chi connectivity index (χ0v) is 8.96. The molecule has 0 heterocycles. The van der Waals surface area contributed by atoms with Gasteiger partial charge < -0.3 is 0 Å². The van der Waals surface area contributed by atoms with Crippen molar-refractivity contribution in [2.24, 2.45) is 11.8 Å². The molecule has 13 heavy (non-hydrogen) atoms. The van der Waals surface area contributed by atoms with Crippen molar-refractivity contribution in [2.45, 2.75) is 33.6 Å². The van der Waals surface area contributed by atoms with Crippen LogP contribution in [0, 0.1) is 11.8 Å². The quantitative estimate of drug-likeness (QED) is 0.652. The van der Waals surface area contributed by atoms with E-state index in [2.05, 4.69) is 51.1 Å². The van der Waals surface area contributed by atoms with Crippen LogP contribution in [0.3, 0.4) is 0 Å². The summed E-state index contributed by atoms with van der Waals surface area (Å²) < 4.78 is 0. The molecular weight excluding hydrogens is 156 g/mol. The van der Waals surface area contributed by atoms with Crippen molar-refractivity contribution in [1.82, 2.24) is 0 Å². The van der Waals surface area contributed by atoms with Crippen molar-refractivity contribution in [3.63, 3.8) is 0 Å². The second-order valence-corrected chi connectivity index (χ2v) is 4.10. The highest BCUT2D eigenvalue weighted by atomic mass is 14.2. The minimum Gasteiger partial charge on any atom is -0.0651 e. The normalized spacial score (nSPS) is 13.2. The SMILES string of the molecule is CCC(Cc1ccccc1)C(C)C. The van der Waals surface area contributed by atoms with Crippen LogP contribution >= 0.6 is 0 Å². The van der Waals surface area contributed by atoms with Crippen LogP contribution in [0.2, 0.25) is 0 Å². The Hall–Kier alpha value is -0.780. The number of hydrogen-bond donors (Lipinski definition) is 0. The Kier molecular flexibility index (Phi) is 4.01. The Morgan fingerprint density at radius 1 is 1.08 bits per heavy atom. The van der Waals surface area contributed by atoms with Gasteiger partial charge in [-0.25, -0.2) is 0 Å². The lowest BCUT2D eigenvalue weighted by Crippen LogP contribution is -2.10. The first kappa shape index (κ1) is 10.3. The Bertz CT molecular complexity index is 223. The van der Waals surface area contributed by atoms with E-state index in [9.17, 15) is 0 Å². The maximum absolute atomic E-state index is 2.32. The van der Waals surface area contributed by atoms with Gasteiger partial charge in [-0.05, 0) is 23.8 Å². The summed E-state index contributed by atoms with van der Waals surface area (Å²) in [7, 11) is 0. The van der Waals surface area contributed by atoms with E-state index in [1.54, 1.807) is 0 Å². The van der Waals surface area contributed by atoms with Gasteiger partial charge in [-0.3, -0.25) is 0 Å². The van der Waals surface area contributed by atoms with Crippen LogP contribution in [0.5, 0.6) is 0 Å². The molecule has 1 aromatic carbocycles. The van der Waals surface area contributed by atoms with Crippen LogP contribution in [0.1, 0.15) is 32.8 Å². The molecule has 0 saturated carbocycles. The van der Waals surface area contributed by atoms with Gasteiger partial charge in [0.25, 0.3) is 0 Å². The van der Waals surface area contributed by atoms with Crippen LogP contribution in [0.4, 0.5) is 0 Å². The number of benzene rings is 1. The van der Waals surface area contributed by atoms with E-state index in [1.807, 2.05) is 0 Å². The van der Waals surface area contributed by atoms with Crippen molar-refractivity contribution in [2.75, 3.05) is 0 Å². The Balaban J connectivity index is 2.57. The van der Waals surface area contributed by atoms with Gasteiger partial charge >= 0.3 is 0 Å². The molecule has 0 aromatic heterocycles. The third kappa shape index (κ3) is 3.22. The van der Waals surface area contributed by atoms with Gasteiger partial charge in [-0.1, -0.05) is 57.5 Å². The van der Waals surface area contributed by atoms with Crippen molar-refractivity contribution >= 4 is 0 Å². The van der Waals surface area contributed by atoms with Crippen molar-refractivity contribution < 1.29 is 0 Å². The molecule has 0 saturated heterocycles. The fraction of sp³-hybridized carbons (Fsp3) is 0.538. The summed E-state index contributed by atoms with van der Waals surface area (Å²) in [5.41, 5.74) is 1.48. The summed E-state index contributed by atoms with van der Waals surface area (Å²) in [4.78, 5) is 0. The fourth-order valence-corrected chi connectivity index (χ4v) is 1.77. The third-order valence-corrected chi connectivity index (χ3v) is 2.81. The molecule has 1 aromatic rings. The van der Waals surface area contributed by atoms with E-state index in [0.29, 0.717) is 0 Å². The van der Waals surface area contributed by atoms with Crippen molar-refractivity contribution in [1.29, 1.82) is 0 Å². The Morgan fingerprint density at radius 3 is 2.15 bits per heavy atom. The summed E-state index contributed by atoms with van der Waals surface area (Å²) in [5, 5.41) is 0. The molecule has 0 spiro atoms. The summed E-state index contributed by atoms with van der Waals surface area (Å²) in [6, 6.07) is 10.8. The standard InChI is InChI=1S/C13H20/c1-4-13(11(2)3)10-12-8-6-5-7-9-12/h5-9,11,13H,4,10H2,1-3H3. The molecular formula is C13H20. The molecule has 1 atom stereocenters. The highest BCUT2D eigenvalue weighted by molar-refractivity contribution is 5.15. The molecule has 0 radical (unpaired) electrons. The van der Waals surface area contributed by atoms with Gasteiger partial charge in [0.1, 0.15) is 0 Å². The molecule has 1 unspecified atom stereocenters. The molecule has 0 aliphatic carbocycles. The second kappa shape index (κ2) is 5.06. The third-order valence-electron chi connectivity index (χ3n) is 2.81. The lowest BCUT2D eigenvalue weighted by atomic mass is 9.87. The van der Waals surface area contributed by atoms with Crippen LogP contribution < -0.4 is 0 Å². The van der Waals surface area contributed by atoms with Crippen LogP contribution in [0.15, 0.2) is 30.3 Å². The molecule has 72 valence electrons. The first-order valence-corrected chi connectivity index (χ1v) is 5.28. The molecule has 0 aliphatic heterocycles. The predicted molar refractivity (Wildman–Crippen MR) is 58.8 cm³/mol. The summed E-state index contributed by atoms with van der Waals surface area (Å²) in [6.45, 7) is 6.92. The fourth-order valence-electron chi connectivity index (χ4n) is 1.77. The van der Waals surface area contributed by atoms with E-state index in [0.717, 1.165) is 11.8 Å². The maximum Gasteiger partial charge on any atom is -0.0248 e. The topological polar surface area (TPSA) is 0 Å². The highest BCUT2D eigenvalue weighted by Gasteiger charge is 2.10. The van der Waals surface area contributed by atoms with Crippen molar-refractivity contribution in [3.8, 4) is 0 Å². The van der Waals surface area contributed by atoms with Crippen LogP contribution in [-0.2, 0) is 6.42 Å². The first-order chi connectivity index (χ1) is 6.24. The van der Waals surface area contributed by atoms with Gasteiger partial charge in [-0.2, -0.15) is 0 Å². The van der Waals surface area contributed by atoms with Gasteiger partial charge in [0.15, 0.2) is 0 Å². The minimum absolute atomic E-state index is 0.796. The zero-order chi connectivity index (χ0) is 9.68. The summed E-state index contributed by atoms with van der Waals surface area (Å²) in [5.74, 6) is 1.63. The van der Waals surface area contributed by atoms with Crippen molar-refractivity contribution in [3.05, 3.63) is 35.9 Å². The lowest BCUT2D eigenvalue weighted by molar-refractivity contribution is 0.371. The van der Waals surface area contributed by atoms with E-state index in [4.69, 9.17) is 0 Å². The molecule has 0 N–H and O–H groups in total. The molecule has 1 rings (SSSR count). The monoisotopic (exact) mass is 176 g/mol. The molecule has 0 fully saturated rings. The molecule has 0 bridgehead atoms. The largest absolute Gasteiger partial charge is 0.0651 e. The van der Waals surface area contributed by atoms with E-state index in [-0.39, 0.29) is 0 Å². The number of hydrogen-bond acceptors (Lipinski definition) is 0. The minimum atomic E-state index is 0.796. The van der Waals surface area contributed by atoms with E-state index < -0.39 is 0 Å². The highest BCUT2D eigenvalue weighted by Crippen LogP contribution is 2.19. The molecule has 0 heteroatoms. The van der Waals surface area contributed by atoms with Crippen LogP contribution in [-0.4, -0.2) is 0 Å². The zero-order valence-electron chi connectivity index (χ0n) is 8.96. The second-order valence-electron chi connectivity index (χ2n) is 4.10. The lowest BCUT2D eigenvalue weighted by Gasteiger charge is -2.18. The first-order valence-electron chi connectivity index (χ1n) is 5.28. The average Bonchev–Trinajstić information content (AvgIpc) is 2.15. The van der Waals surface area contributed by atoms with Gasteiger partial charge in [-0.15, -0.1) is 0 Å². The predicted octanol–water partition coefficient (Wildman–Crippen LogP) is 3.91. The average molecular weight is 176 g/mol. The molecule has 0 nitrogen and oxygen atoms in total. The van der Waals surface area contributed by atoms with E-state index in [1.165, 1.54) is 18.4 Å². The van der Waals surface area contributed by atoms with Crippen LogP contribution in [0.25, 0.3) is 0 Å². The number of rotatable bonds is 4. The maximum atomic E-state index is 2.32. The summed E-state index contributed by atoms with van der Waals surface area (Å²) >= 11 is 0. The van der Waals surface area contributed by atoms with Gasteiger partial charge in [0.2, 0.25) is 0 Å².